The van der Waals surface area contributed by atoms with Gasteiger partial charge in [0.25, 0.3) is 0 Å². The molecule has 2 N–H and O–H groups in total. The number of H-pyrrole nitrogens is 1. The summed E-state index contributed by atoms with van der Waals surface area (Å²) in [6.07, 6.45) is 2.37. The largest absolute Gasteiger partial charge is 0.358 e. The Hall–Kier alpha value is -1.28. The van der Waals surface area contributed by atoms with Crippen LogP contribution in [0.25, 0.3) is 10.9 Å². The average Bonchev–Trinajstić information content (AvgIpc) is 2.96. The van der Waals surface area contributed by atoms with Crippen molar-refractivity contribution in [2.24, 2.45) is 0 Å². The molecule has 0 radical (unpaired) electrons. The molecule has 1 fully saturated rings. The minimum Gasteiger partial charge on any atom is -0.358 e. The lowest BCUT2D eigenvalue weighted by atomic mass is 10.0. The van der Waals surface area contributed by atoms with Crippen molar-refractivity contribution >= 4 is 10.9 Å². The van der Waals surface area contributed by atoms with Gasteiger partial charge in [-0.05, 0) is 48.5 Å². The first-order valence-electron chi connectivity index (χ1n) is 6.19. The van der Waals surface area contributed by atoms with Crippen LogP contribution >= 0.6 is 0 Å². The van der Waals surface area contributed by atoms with E-state index in [1.807, 2.05) is 0 Å². The van der Waals surface area contributed by atoms with Gasteiger partial charge < -0.3 is 10.3 Å². The third-order valence-electron chi connectivity index (χ3n) is 3.61. The molecule has 1 aliphatic rings. The van der Waals surface area contributed by atoms with Crippen LogP contribution in [-0.2, 0) is 6.42 Å². The maximum Gasteiger partial charge on any atom is 0.0456 e. The van der Waals surface area contributed by atoms with E-state index in [-0.39, 0.29) is 0 Å². The summed E-state index contributed by atoms with van der Waals surface area (Å²) in [5, 5.41) is 4.78. The summed E-state index contributed by atoms with van der Waals surface area (Å²) in [6, 6.07) is 9.05. The molecule has 2 aromatic rings. The van der Waals surface area contributed by atoms with Gasteiger partial charge >= 0.3 is 0 Å². The van der Waals surface area contributed by atoms with Gasteiger partial charge in [-0.25, -0.2) is 0 Å². The third kappa shape index (κ3) is 1.63. The summed E-state index contributed by atoms with van der Waals surface area (Å²) in [7, 11) is 0. The standard InChI is InChI=1S/C14H18N2/c1-2-10-3-4-13-12(7-10)8-14(16-13)11-5-6-15-9-11/h3-4,7-8,11,15-16H,2,5-6,9H2,1H3. The second-order valence-electron chi connectivity index (χ2n) is 4.69. The summed E-state index contributed by atoms with van der Waals surface area (Å²) >= 11 is 0. The molecule has 1 aromatic carbocycles. The second kappa shape index (κ2) is 3.95. The van der Waals surface area contributed by atoms with Crippen LogP contribution < -0.4 is 5.32 Å². The smallest absolute Gasteiger partial charge is 0.0456 e. The third-order valence-corrected chi connectivity index (χ3v) is 3.61. The van der Waals surface area contributed by atoms with E-state index in [0.717, 1.165) is 19.5 Å². The van der Waals surface area contributed by atoms with E-state index < -0.39 is 0 Å². The number of aromatic nitrogens is 1. The van der Waals surface area contributed by atoms with Gasteiger partial charge in [-0.2, -0.15) is 0 Å². The number of rotatable bonds is 2. The van der Waals surface area contributed by atoms with Gasteiger partial charge in [-0.15, -0.1) is 0 Å². The fraction of sp³-hybridized carbons (Fsp3) is 0.429. The number of fused-ring (bicyclic) bond motifs is 1. The summed E-state index contributed by atoms with van der Waals surface area (Å²) in [5.41, 5.74) is 4.09. The highest BCUT2D eigenvalue weighted by atomic mass is 14.9. The average molecular weight is 214 g/mol. The normalized spacial score (nSPS) is 20.7. The van der Waals surface area contributed by atoms with Gasteiger partial charge in [0.15, 0.2) is 0 Å². The molecule has 2 nitrogen and oxygen atoms in total. The van der Waals surface area contributed by atoms with Crippen LogP contribution in [-0.4, -0.2) is 18.1 Å². The summed E-state index contributed by atoms with van der Waals surface area (Å²) in [6.45, 7) is 4.48. The first-order valence-corrected chi connectivity index (χ1v) is 6.19. The Labute approximate surface area is 96.1 Å². The molecule has 0 spiro atoms. The van der Waals surface area contributed by atoms with E-state index in [0.29, 0.717) is 5.92 Å². The maximum atomic E-state index is 3.55. The fourth-order valence-electron chi connectivity index (χ4n) is 2.56. The molecule has 0 amide bonds. The van der Waals surface area contributed by atoms with E-state index in [9.17, 15) is 0 Å². The first kappa shape index (κ1) is 9.91. The summed E-state index contributed by atoms with van der Waals surface area (Å²) in [5.74, 6) is 0.678. The molecule has 16 heavy (non-hydrogen) atoms. The number of aryl methyl sites for hydroxylation is 1. The van der Waals surface area contributed by atoms with Crippen molar-refractivity contribution in [1.82, 2.24) is 10.3 Å². The predicted octanol–water partition coefficient (Wildman–Crippen LogP) is 2.81. The highest BCUT2D eigenvalue weighted by molar-refractivity contribution is 5.81. The molecule has 1 aromatic heterocycles. The fourth-order valence-corrected chi connectivity index (χ4v) is 2.56. The highest BCUT2D eigenvalue weighted by Gasteiger charge is 2.18. The molecule has 0 aliphatic carbocycles. The van der Waals surface area contributed by atoms with Crippen LogP contribution in [0.2, 0.25) is 0 Å². The van der Waals surface area contributed by atoms with Gasteiger partial charge in [-0.1, -0.05) is 13.0 Å². The van der Waals surface area contributed by atoms with Crippen LogP contribution in [0.3, 0.4) is 0 Å². The monoisotopic (exact) mass is 214 g/mol. The van der Waals surface area contributed by atoms with Crippen molar-refractivity contribution in [2.45, 2.75) is 25.7 Å². The Morgan fingerprint density at radius 1 is 1.31 bits per heavy atom. The van der Waals surface area contributed by atoms with Crippen molar-refractivity contribution in [3.63, 3.8) is 0 Å². The highest BCUT2D eigenvalue weighted by Crippen LogP contribution is 2.26. The SMILES string of the molecule is CCc1ccc2[nH]c(C3CCNC3)cc2c1. The lowest BCUT2D eigenvalue weighted by molar-refractivity contribution is 0.743. The Kier molecular flexibility index (Phi) is 2.44. The topological polar surface area (TPSA) is 27.8 Å². The van der Waals surface area contributed by atoms with Crippen molar-refractivity contribution < 1.29 is 0 Å². The van der Waals surface area contributed by atoms with Gasteiger partial charge in [0.05, 0.1) is 0 Å². The van der Waals surface area contributed by atoms with Gasteiger partial charge in [-0.3, -0.25) is 0 Å². The maximum absolute atomic E-state index is 3.55. The van der Waals surface area contributed by atoms with Crippen molar-refractivity contribution in [2.75, 3.05) is 13.1 Å². The predicted molar refractivity (Wildman–Crippen MR) is 67.9 cm³/mol. The number of hydrogen-bond acceptors (Lipinski definition) is 1. The number of hydrogen-bond donors (Lipinski definition) is 2. The molecule has 1 atom stereocenters. The molecule has 0 bridgehead atoms. The molecular formula is C14H18N2. The van der Waals surface area contributed by atoms with Gasteiger partial charge in [0.2, 0.25) is 0 Å². The van der Waals surface area contributed by atoms with E-state index in [1.54, 1.807) is 0 Å². The van der Waals surface area contributed by atoms with Crippen LogP contribution in [0.4, 0.5) is 0 Å². The Morgan fingerprint density at radius 2 is 2.25 bits per heavy atom. The molecule has 2 heteroatoms. The summed E-state index contributed by atoms with van der Waals surface area (Å²) < 4.78 is 0. The van der Waals surface area contributed by atoms with Crippen molar-refractivity contribution in [1.29, 1.82) is 0 Å². The Morgan fingerprint density at radius 3 is 3.00 bits per heavy atom. The quantitative estimate of drug-likeness (QED) is 0.790. The minimum atomic E-state index is 0.678. The Balaban J connectivity index is 2.01. The number of aromatic amines is 1. The minimum absolute atomic E-state index is 0.678. The summed E-state index contributed by atoms with van der Waals surface area (Å²) in [4.78, 5) is 3.55. The second-order valence-corrected chi connectivity index (χ2v) is 4.69. The molecule has 0 saturated carbocycles. The van der Waals surface area contributed by atoms with Crippen LogP contribution in [0.5, 0.6) is 0 Å². The van der Waals surface area contributed by atoms with E-state index in [1.165, 1.54) is 28.6 Å². The van der Waals surface area contributed by atoms with Crippen LogP contribution in [0.15, 0.2) is 24.3 Å². The van der Waals surface area contributed by atoms with Crippen molar-refractivity contribution in [3.05, 3.63) is 35.5 Å². The molecule has 84 valence electrons. The molecule has 2 heterocycles. The molecule has 1 aliphatic heterocycles. The van der Waals surface area contributed by atoms with E-state index >= 15 is 0 Å². The Bertz CT molecular complexity index is 492. The zero-order valence-electron chi connectivity index (χ0n) is 9.72. The van der Waals surface area contributed by atoms with Crippen molar-refractivity contribution in [3.8, 4) is 0 Å². The lowest BCUT2D eigenvalue weighted by Gasteiger charge is -2.03. The van der Waals surface area contributed by atoms with Crippen LogP contribution in [0.1, 0.15) is 30.5 Å². The molecule has 3 rings (SSSR count). The molecular weight excluding hydrogens is 196 g/mol. The molecule has 1 saturated heterocycles. The first-order chi connectivity index (χ1) is 7.86. The number of nitrogens with one attached hydrogen (secondary N) is 2. The molecule has 1 unspecified atom stereocenters. The van der Waals surface area contributed by atoms with Gasteiger partial charge in [0.1, 0.15) is 0 Å². The lowest BCUT2D eigenvalue weighted by Crippen LogP contribution is -2.07. The van der Waals surface area contributed by atoms with E-state index in [2.05, 4.69) is 41.5 Å². The number of benzene rings is 1. The zero-order valence-corrected chi connectivity index (χ0v) is 9.72. The van der Waals surface area contributed by atoms with Gasteiger partial charge in [0, 0.05) is 23.7 Å². The van der Waals surface area contributed by atoms with Crippen LogP contribution in [0, 0.1) is 0 Å². The van der Waals surface area contributed by atoms with E-state index in [4.69, 9.17) is 0 Å². The zero-order chi connectivity index (χ0) is 11.0.